The number of allylic oxidation sites excluding steroid dienone is 5. The van der Waals surface area contributed by atoms with Gasteiger partial charge in [-0.05, 0) is 66.6 Å². The highest BCUT2D eigenvalue weighted by Gasteiger charge is 2.37. The van der Waals surface area contributed by atoms with Crippen molar-refractivity contribution in [2.75, 3.05) is 9.80 Å². The van der Waals surface area contributed by atoms with Crippen LogP contribution < -0.4 is 14.5 Å². The molecule has 3 heterocycles. The number of fused-ring (bicyclic) bond motifs is 4. The normalized spacial score (nSPS) is 19.4. The molecule has 0 bridgehead atoms. The van der Waals surface area contributed by atoms with E-state index in [-0.39, 0.29) is 6.04 Å². The second-order valence-corrected chi connectivity index (χ2v) is 11.5. The molecule has 0 N–H and O–H groups in total. The van der Waals surface area contributed by atoms with Gasteiger partial charge in [-0.2, -0.15) is 0 Å². The van der Waals surface area contributed by atoms with E-state index in [0.717, 1.165) is 58.4 Å². The van der Waals surface area contributed by atoms with Gasteiger partial charge in [-0.25, -0.2) is 4.68 Å². The average Bonchev–Trinajstić information content (AvgIpc) is 3.71. The summed E-state index contributed by atoms with van der Waals surface area (Å²) in [6.45, 7) is 0. The minimum absolute atomic E-state index is 0.283. The van der Waals surface area contributed by atoms with Crippen molar-refractivity contribution in [2.24, 2.45) is 0 Å². The van der Waals surface area contributed by atoms with Crippen molar-refractivity contribution in [3.05, 3.63) is 157 Å². The molecule has 0 fully saturated rings. The Labute approximate surface area is 256 Å². The number of rotatable bonds is 4. The second-order valence-electron chi connectivity index (χ2n) is 11.5. The average molecular weight is 572 g/mol. The Morgan fingerprint density at radius 3 is 2.50 bits per heavy atom. The van der Waals surface area contributed by atoms with Crippen molar-refractivity contribution in [3.63, 3.8) is 0 Å². The lowest BCUT2D eigenvalue weighted by molar-refractivity contribution is 0.388. The lowest BCUT2D eigenvalue weighted by atomic mass is 9.91. The van der Waals surface area contributed by atoms with E-state index >= 15 is 0 Å². The predicted octanol–water partition coefficient (Wildman–Crippen LogP) is 8.76. The van der Waals surface area contributed by atoms with Gasteiger partial charge in [-0.1, -0.05) is 84.1 Å². The van der Waals surface area contributed by atoms with E-state index in [0.29, 0.717) is 5.92 Å². The molecule has 2 aliphatic carbocycles. The van der Waals surface area contributed by atoms with Crippen LogP contribution in [-0.4, -0.2) is 21.0 Å². The first-order valence-electron chi connectivity index (χ1n) is 15.1. The molecule has 5 aromatic rings. The molecule has 6 heteroatoms. The molecule has 4 aromatic carbocycles. The Hall–Kier alpha value is -5.62. The summed E-state index contributed by atoms with van der Waals surface area (Å²) in [6.07, 6.45) is 17.2. The molecular weight excluding hydrogens is 542 g/mol. The van der Waals surface area contributed by atoms with Crippen LogP contribution in [0.15, 0.2) is 151 Å². The highest BCUT2D eigenvalue weighted by Crippen LogP contribution is 2.48. The number of hydrogen-bond donors (Lipinski definition) is 0. The fourth-order valence-corrected chi connectivity index (χ4v) is 6.88. The van der Waals surface area contributed by atoms with Gasteiger partial charge < -0.3 is 14.5 Å². The standard InChI is InChI=1S/C38H29N5O/c1-3-14-33-30(12-1)31-13-2-4-15-34(31)42(33)27-22-20-26(21-23-27)32-25-41(40-39-32)28-10-9-11-29(24-28)43-35-16-5-7-18-37(35)44-38-19-8-6-17-36(38)43/h1-7,9-18,20-25,30,33H,8,19H2. The van der Waals surface area contributed by atoms with Crippen LogP contribution in [0.5, 0.6) is 5.75 Å². The van der Waals surface area contributed by atoms with Crippen molar-refractivity contribution in [1.29, 1.82) is 0 Å². The van der Waals surface area contributed by atoms with Crippen molar-refractivity contribution < 1.29 is 4.74 Å². The first-order chi connectivity index (χ1) is 21.8. The van der Waals surface area contributed by atoms with E-state index in [1.807, 2.05) is 23.0 Å². The van der Waals surface area contributed by atoms with Crippen LogP contribution in [0.2, 0.25) is 0 Å². The van der Waals surface area contributed by atoms with E-state index in [2.05, 4.69) is 141 Å². The largest absolute Gasteiger partial charge is 0.457 e. The summed E-state index contributed by atoms with van der Waals surface area (Å²) in [6, 6.07) is 34.3. The number of nitrogens with zero attached hydrogens (tertiary/aromatic N) is 5. The molecule has 0 saturated carbocycles. The topological polar surface area (TPSA) is 46.4 Å². The minimum atomic E-state index is 0.283. The molecule has 0 radical (unpaired) electrons. The Balaban J connectivity index is 1.02. The third-order valence-electron chi connectivity index (χ3n) is 8.93. The lowest BCUT2D eigenvalue weighted by Crippen LogP contribution is -2.28. The summed E-state index contributed by atoms with van der Waals surface area (Å²) >= 11 is 0. The van der Waals surface area contributed by atoms with E-state index in [1.54, 1.807) is 0 Å². The Morgan fingerprint density at radius 1 is 0.750 bits per heavy atom. The molecule has 0 saturated heterocycles. The molecule has 9 rings (SSSR count). The van der Waals surface area contributed by atoms with Gasteiger partial charge in [0.15, 0.2) is 5.75 Å². The minimum Gasteiger partial charge on any atom is -0.457 e. The zero-order valence-corrected chi connectivity index (χ0v) is 24.0. The monoisotopic (exact) mass is 571 g/mol. The van der Waals surface area contributed by atoms with Gasteiger partial charge >= 0.3 is 0 Å². The van der Waals surface area contributed by atoms with Gasteiger partial charge in [0.25, 0.3) is 0 Å². The van der Waals surface area contributed by atoms with Crippen LogP contribution in [0.25, 0.3) is 16.9 Å². The fourth-order valence-electron chi connectivity index (χ4n) is 6.88. The van der Waals surface area contributed by atoms with Crippen LogP contribution in [0.4, 0.5) is 22.7 Å². The SMILES string of the molecule is C1=CC2c3ccccc3N(c3ccc(-c4cn(-c5cccc(N6C7=C(CCC=C7)Oc7ccccc76)c5)nn4)cc3)C2C=C1. The molecule has 2 atom stereocenters. The molecule has 4 aliphatic rings. The quantitative estimate of drug-likeness (QED) is 0.216. The van der Waals surface area contributed by atoms with Gasteiger partial charge in [0.1, 0.15) is 11.5 Å². The van der Waals surface area contributed by atoms with Gasteiger partial charge in [0, 0.05) is 35.0 Å². The fraction of sp³-hybridized carbons (Fsp3) is 0.105. The molecule has 0 spiro atoms. The summed E-state index contributed by atoms with van der Waals surface area (Å²) in [5.74, 6) is 2.25. The molecule has 0 amide bonds. The molecule has 212 valence electrons. The molecule has 2 aliphatic heterocycles. The van der Waals surface area contributed by atoms with Crippen LogP contribution in [-0.2, 0) is 0 Å². The van der Waals surface area contributed by atoms with Gasteiger partial charge in [-0.3, -0.25) is 0 Å². The maximum atomic E-state index is 6.29. The van der Waals surface area contributed by atoms with Crippen molar-refractivity contribution in [3.8, 4) is 22.7 Å². The zero-order chi connectivity index (χ0) is 29.0. The summed E-state index contributed by atoms with van der Waals surface area (Å²) in [7, 11) is 0. The highest BCUT2D eigenvalue weighted by molar-refractivity contribution is 5.79. The molecule has 44 heavy (non-hydrogen) atoms. The van der Waals surface area contributed by atoms with Crippen LogP contribution in [0.1, 0.15) is 24.3 Å². The smallest absolute Gasteiger partial charge is 0.151 e. The molecule has 6 nitrogen and oxygen atoms in total. The molecule has 2 unspecified atom stereocenters. The van der Waals surface area contributed by atoms with E-state index in [1.165, 1.54) is 16.9 Å². The van der Waals surface area contributed by atoms with Crippen LogP contribution in [0.3, 0.4) is 0 Å². The van der Waals surface area contributed by atoms with E-state index < -0.39 is 0 Å². The first kappa shape index (κ1) is 24.9. The second kappa shape index (κ2) is 9.99. The number of para-hydroxylation sites is 3. The summed E-state index contributed by atoms with van der Waals surface area (Å²) < 4.78 is 8.14. The number of anilines is 4. The predicted molar refractivity (Wildman–Crippen MR) is 175 cm³/mol. The summed E-state index contributed by atoms with van der Waals surface area (Å²) in [5, 5.41) is 9.09. The number of benzene rings is 4. The Bertz CT molecular complexity index is 2030. The summed E-state index contributed by atoms with van der Waals surface area (Å²) in [4.78, 5) is 4.72. The molecular formula is C38H29N5O. The van der Waals surface area contributed by atoms with E-state index in [9.17, 15) is 0 Å². The van der Waals surface area contributed by atoms with Crippen LogP contribution in [0, 0.1) is 0 Å². The highest BCUT2D eigenvalue weighted by atomic mass is 16.5. The zero-order valence-electron chi connectivity index (χ0n) is 24.0. The maximum Gasteiger partial charge on any atom is 0.151 e. The Morgan fingerprint density at radius 2 is 1.57 bits per heavy atom. The maximum absolute atomic E-state index is 6.29. The van der Waals surface area contributed by atoms with Gasteiger partial charge in [-0.15, -0.1) is 5.10 Å². The lowest BCUT2D eigenvalue weighted by Gasteiger charge is -2.35. The third-order valence-corrected chi connectivity index (χ3v) is 8.93. The molecule has 1 aromatic heterocycles. The number of hydrogen-bond acceptors (Lipinski definition) is 5. The van der Waals surface area contributed by atoms with Gasteiger partial charge in [0.05, 0.1) is 29.3 Å². The van der Waals surface area contributed by atoms with E-state index in [4.69, 9.17) is 4.74 Å². The first-order valence-corrected chi connectivity index (χ1v) is 15.1. The van der Waals surface area contributed by atoms with Crippen molar-refractivity contribution in [1.82, 2.24) is 15.0 Å². The van der Waals surface area contributed by atoms with Crippen LogP contribution >= 0.6 is 0 Å². The van der Waals surface area contributed by atoms with Gasteiger partial charge in [0.2, 0.25) is 0 Å². The Kier molecular flexibility index (Phi) is 5.66. The third kappa shape index (κ3) is 3.95. The number of ether oxygens (including phenoxy) is 1. The number of aromatic nitrogens is 3. The summed E-state index contributed by atoms with van der Waals surface area (Å²) in [5.41, 5.74) is 9.79. The van der Waals surface area contributed by atoms with Crippen molar-refractivity contribution in [2.45, 2.75) is 24.8 Å². The van der Waals surface area contributed by atoms with Crippen molar-refractivity contribution >= 4 is 22.7 Å².